The lowest BCUT2D eigenvalue weighted by atomic mass is 9.98. The molecule has 0 radical (unpaired) electrons. The molecule has 0 saturated carbocycles. The minimum atomic E-state index is 0.0748. The molecule has 112 valence electrons. The van der Waals surface area contributed by atoms with E-state index >= 15 is 0 Å². The zero-order valence-electron chi connectivity index (χ0n) is 13.1. The van der Waals surface area contributed by atoms with Crippen LogP contribution in [0.5, 0.6) is 5.75 Å². The van der Waals surface area contributed by atoms with Gasteiger partial charge in [0.1, 0.15) is 5.75 Å². The normalized spacial score (nSPS) is 19.0. The minimum Gasteiger partial charge on any atom is -0.494 e. The summed E-state index contributed by atoms with van der Waals surface area (Å²) in [5.41, 5.74) is 8.47. The second-order valence-corrected chi connectivity index (χ2v) is 6.05. The van der Waals surface area contributed by atoms with E-state index in [0.717, 1.165) is 18.2 Å². The van der Waals surface area contributed by atoms with Crippen molar-refractivity contribution in [2.75, 3.05) is 19.7 Å². The van der Waals surface area contributed by atoms with Crippen molar-refractivity contribution in [3.63, 3.8) is 0 Å². The van der Waals surface area contributed by atoms with Crippen LogP contribution in [0.4, 0.5) is 0 Å². The van der Waals surface area contributed by atoms with Gasteiger partial charge in [0.2, 0.25) is 0 Å². The van der Waals surface area contributed by atoms with Gasteiger partial charge in [-0.2, -0.15) is 0 Å². The Morgan fingerprint density at radius 1 is 1.35 bits per heavy atom. The van der Waals surface area contributed by atoms with E-state index in [1.165, 1.54) is 37.1 Å². The fraction of sp³-hybridized carbons (Fsp3) is 0.647. The highest BCUT2D eigenvalue weighted by Gasteiger charge is 2.17. The van der Waals surface area contributed by atoms with Gasteiger partial charge in [-0.3, -0.25) is 4.90 Å². The van der Waals surface area contributed by atoms with E-state index in [4.69, 9.17) is 10.5 Å². The van der Waals surface area contributed by atoms with E-state index in [9.17, 15) is 0 Å². The second kappa shape index (κ2) is 7.09. The Morgan fingerprint density at radius 2 is 2.05 bits per heavy atom. The van der Waals surface area contributed by atoms with Gasteiger partial charge < -0.3 is 10.5 Å². The highest BCUT2D eigenvalue weighted by Crippen LogP contribution is 2.26. The molecule has 1 aromatic rings. The molecule has 3 nitrogen and oxygen atoms in total. The van der Waals surface area contributed by atoms with Crippen molar-refractivity contribution in [3.05, 3.63) is 29.3 Å². The van der Waals surface area contributed by atoms with Gasteiger partial charge in [0.05, 0.1) is 6.61 Å². The molecule has 1 atom stereocenters. The zero-order valence-corrected chi connectivity index (χ0v) is 13.1. The summed E-state index contributed by atoms with van der Waals surface area (Å²) in [7, 11) is 0. The maximum absolute atomic E-state index is 6.00. The molecule has 1 fully saturated rings. The van der Waals surface area contributed by atoms with Crippen LogP contribution in [0.25, 0.3) is 0 Å². The molecular formula is C17H28N2O. The predicted octanol–water partition coefficient (Wildman–Crippen LogP) is 3.34. The zero-order chi connectivity index (χ0) is 14.5. The van der Waals surface area contributed by atoms with E-state index in [1.54, 1.807) is 0 Å². The molecule has 1 heterocycles. The van der Waals surface area contributed by atoms with Gasteiger partial charge in [-0.25, -0.2) is 0 Å². The fourth-order valence-corrected chi connectivity index (χ4v) is 2.76. The van der Waals surface area contributed by atoms with Crippen LogP contribution in [-0.4, -0.2) is 24.6 Å². The first-order valence-corrected chi connectivity index (χ1v) is 7.83. The summed E-state index contributed by atoms with van der Waals surface area (Å²) in [5.74, 6) is 1.88. The second-order valence-electron chi connectivity index (χ2n) is 6.05. The number of nitrogens with two attached hydrogens (primary N) is 1. The van der Waals surface area contributed by atoms with E-state index < -0.39 is 0 Å². The predicted molar refractivity (Wildman–Crippen MR) is 83.9 cm³/mol. The van der Waals surface area contributed by atoms with Gasteiger partial charge in [0.15, 0.2) is 0 Å². The van der Waals surface area contributed by atoms with Crippen LogP contribution < -0.4 is 10.5 Å². The number of hydrogen-bond donors (Lipinski definition) is 1. The molecule has 1 unspecified atom stereocenters. The lowest BCUT2D eigenvalue weighted by Crippen LogP contribution is -2.32. The summed E-state index contributed by atoms with van der Waals surface area (Å²) in [6.07, 6.45) is 2.61. The third-order valence-corrected chi connectivity index (χ3v) is 4.18. The Labute approximate surface area is 123 Å². The first-order chi connectivity index (χ1) is 9.60. The van der Waals surface area contributed by atoms with E-state index in [2.05, 4.69) is 30.0 Å². The molecule has 2 rings (SSSR count). The molecule has 0 bridgehead atoms. The average Bonchev–Trinajstić information content (AvgIpc) is 2.43. The summed E-state index contributed by atoms with van der Waals surface area (Å²) in [5, 5.41) is 0. The molecule has 0 aromatic heterocycles. The van der Waals surface area contributed by atoms with Gasteiger partial charge in [0, 0.05) is 18.2 Å². The highest BCUT2D eigenvalue weighted by molar-refractivity contribution is 5.38. The summed E-state index contributed by atoms with van der Waals surface area (Å²) in [6.45, 7) is 10.5. The molecule has 3 heteroatoms. The fourth-order valence-electron chi connectivity index (χ4n) is 2.76. The molecule has 0 spiro atoms. The maximum atomic E-state index is 6.00. The largest absolute Gasteiger partial charge is 0.494 e. The SMILES string of the molecule is CCOc1ccc(C(C)N)cc1CN1CCC(C)CC1. The maximum Gasteiger partial charge on any atom is 0.123 e. The first-order valence-electron chi connectivity index (χ1n) is 7.83. The van der Waals surface area contributed by atoms with Crippen LogP contribution in [0, 0.1) is 5.92 Å². The first kappa shape index (κ1) is 15.3. The number of rotatable bonds is 5. The quantitative estimate of drug-likeness (QED) is 0.896. The molecule has 1 saturated heterocycles. The van der Waals surface area contributed by atoms with E-state index in [0.29, 0.717) is 6.61 Å². The third kappa shape index (κ3) is 3.97. The van der Waals surface area contributed by atoms with Crippen molar-refractivity contribution >= 4 is 0 Å². The van der Waals surface area contributed by atoms with Crippen LogP contribution >= 0.6 is 0 Å². The molecule has 0 amide bonds. The lowest BCUT2D eigenvalue weighted by molar-refractivity contribution is 0.182. The summed E-state index contributed by atoms with van der Waals surface area (Å²) < 4.78 is 5.77. The summed E-state index contributed by atoms with van der Waals surface area (Å²) in [6, 6.07) is 6.45. The van der Waals surface area contributed by atoms with Crippen LogP contribution in [0.3, 0.4) is 0 Å². The van der Waals surface area contributed by atoms with Crippen molar-refractivity contribution < 1.29 is 4.74 Å². The van der Waals surface area contributed by atoms with E-state index in [1.807, 2.05) is 13.8 Å². The molecular weight excluding hydrogens is 248 g/mol. The molecule has 0 aliphatic carbocycles. The van der Waals surface area contributed by atoms with Gasteiger partial charge in [-0.15, -0.1) is 0 Å². The van der Waals surface area contributed by atoms with E-state index in [-0.39, 0.29) is 6.04 Å². The topological polar surface area (TPSA) is 38.5 Å². The Kier molecular flexibility index (Phi) is 5.44. The molecule has 1 aliphatic heterocycles. The molecule has 1 aromatic carbocycles. The van der Waals surface area contributed by atoms with Crippen molar-refractivity contribution in [2.45, 2.75) is 46.2 Å². The van der Waals surface area contributed by atoms with Gasteiger partial charge in [0.25, 0.3) is 0 Å². The Bertz CT molecular complexity index is 423. The number of nitrogens with zero attached hydrogens (tertiary/aromatic N) is 1. The van der Waals surface area contributed by atoms with Crippen LogP contribution in [0.1, 0.15) is 50.8 Å². The number of likely N-dealkylation sites (tertiary alicyclic amines) is 1. The van der Waals surface area contributed by atoms with Gasteiger partial charge in [-0.05, 0) is 63.4 Å². The number of benzene rings is 1. The Balaban J connectivity index is 2.12. The number of hydrogen-bond acceptors (Lipinski definition) is 3. The molecule has 2 N–H and O–H groups in total. The summed E-state index contributed by atoms with van der Waals surface area (Å²) >= 11 is 0. The Morgan fingerprint density at radius 3 is 2.65 bits per heavy atom. The van der Waals surface area contributed by atoms with Crippen molar-refractivity contribution in [1.82, 2.24) is 4.90 Å². The molecule has 20 heavy (non-hydrogen) atoms. The highest BCUT2D eigenvalue weighted by atomic mass is 16.5. The minimum absolute atomic E-state index is 0.0748. The van der Waals surface area contributed by atoms with Crippen LogP contribution in [0.15, 0.2) is 18.2 Å². The monoisotopic (exact) mass is 276 g/mol. The lowest BCUT2D eigenvalue weighted by Gasteiger charge is -2.30. The number of ether oxygens (including phenoxy) is 1. The standard InChI is InChI=1S/C17H28N2O/c1-4-20-17-6-5-15(14(3)18)11-16(17)12-19-9-7-13(2)8-10-19/h5-6,11,13-14H,4,7-10,12,18H2,1-3H3. The van der Waals surface area contributed by atoms with Crippen LogP contribution in [-0.2, 0) is 6.54 Å². The van der Waals surface area contributed by atoms with Gasteiger partial charge >= 0.3 is 0 Å². The van der Waals surface area contributed by atoms with Crippen LogP contribution in [0.2, 0.25) is 0 Å². The van der Waals surface area contributed by atoms with Crippen molar-refractivity contribution in [3.8, 4) is 5.75 Å². The smallest absolute Gasteiger partial charge is 0.123 e. The van der Waals surface area contributed by atoms with Gasteiger partial charge in [-0.1, -0.05) is 13.0 Å². The average molecular weight is 276 g/mol. The van der Waals surface area contributed by atoms with Crippen molar-refractivity contribution in [1.29, 1.82) is 0 Å². The Hall–Kier alpha value is -1.06. The third-order valence-electron chi connectivity index (χ3n) is 4.18. The van der Waals surface area contributed by atoms with Crippen molar-refractivity contribution in [2.24, 2.45) is 11.7 Å². The summed E-state index contributed by atoms with van der Waals surface area (Å²) in [4.78, 5) is 2.53. The molecule has 1 aliphatic rings. The number of piperidine rings is 1.